The molecule has 0 spiro atoms. The van der Waals surface area contributed by atoms with Gasteiger partial charge in [0, 0.05) is 32.4 Å². The highest BCUT2D eigenvalue weighted by Gasteiger charge is 2.14. The van der Waals surface area contributed by atoms with Gasteiger partial charge in [0.15, 0.2) is 5.82 Å². The van der Waals surface area contributed by atoms with E-state index in [2.05, 4.69) is 45.7 Å². The van der Waals surface area contributed by atoms with E-state index in [1.54, 1.807) is 17.0 Å². The molecular formula is C18H23N5O. The molecule has 0 radical (unpaired) electrons. The lowest BCUT2D eigenvalue weighted by Gasteiger charge is -2.27. The number of aromatic nitrogens is 3. The van der Waals surface area contributed by atoms with Crippen LogP contribution < -0.4 is 10.2 Å². The van der Waals surface area contributed by atoms with Gasteiger partial charge in [0.25, 0.3) is 0 Å². The highest BCUT2D eigenvalue weighted by molar-refractivity contribution is 5.92. The van der Waals surface area contributed by atoms with Crippen molar-refractivity contribution in [2.45, 2.75) is 25.8 Å². The van der Waals surface area contributed by atoms with E-state index in [-0.39, 0.29) is 11.9 Å². The summed E-state index contributed by atoms with van der Waals surface area (Å²) in [4.78, 5) is 14.4. The van der Waals surface area contributed by atoms with Gasteiger partial charge >= 0.3 is 0 Å². The summed E-state index contributed by atoms with van der Waals surface area (Å²) < 4.78 is 1.80. The molecule has 0 fully saturated rings. The van der Waals surface area contributed by atoms with Crippen LogP contribution in [-0.2, 0) is 18.3 Å². The van der Waals surface area contributed by atoms with E-state index in [9.17, 15) is 4.79 Å². The number of rotatable bonds is 4. The van der Waals surface area contributed by atoms with E-state index in [4.69, 9.17) is 0 Å². The van der Waals surface area contributed by atoms with Crippen molar-refractivity contribution in [1.29, 1.82) is 0 Å². The van der Waals surface area contributed by atoms with E-state index < -0.39 is 0 Å². The predicted octanol–water partition coefficient (Wildman–Crippen LogP) is 2.09. The van der Waals surface area contributed by atoms with Crippen LogP contribution >= 0.6 is 0 Å². The fraction of sp³-hybridized carbons (Fsp3) is 0.389. The average molecular weight is 325 g/mol. The van der Waals surface area contributed by atoms with Crippen molar-refractivity contribution in [2.75, 3.05) is 18.5 Å². The van der Waals surface area contributed by atoms with Crippen molar-refractivity contribution in [3.8, 4) is 0 Å². The number of benzene rings is 1. The Morgan fingerprint density at radius 3 is 2.96 bits per heavy atom. The average Bonchev–Trinajstić information content (AvgIpc) is 2.99. The summed E-state index contributed by atoms with van der Waals surface area (Å²) in [6.07, 6.45) is 7.32. The summed E-state index contributed by atoms with van der Waals surface area (Å²) in [6.45, 7) is 3.00. The molecule has 0 saturated heterocycles. The minimum atomic E-state index is -0.188. The van der Waals surface area contributed by atoms with Crippen LogP contribution in [0.1, 0.15) is 36.3 Å². The molecule has 6 heteroatoms. The molecule has 1 amide bonds. The van der Waals surface area contributed by atoms with Gasteiger partial charge in [0.2, 0.25) is 5.91 Å². The van der Waals surface area contributed by atoms with Crippen LogP contribution in [0, 0.1) is 0 Å². The molecule has 0 aliphatic carbocycles. The summed E-state index contributed by atoms with van der Waals surface area (Å²) in [5.41, 5.74) is 3.68. The Morgan fingerprint density at radius 1 is 1.38 bits per heavy atom. The monoisotopic (exact) mass is 325 g/mol. The summed E-state index contributed by atoms with van der Waals surface area (Å²) in [5.74, 6) is 0.592. The van der Waals surface area contributed by atoms with E-state index in [1.807, 2.05) is 20.0 Å². The number of carbonyl (C=O) groups excluding carboxylic acids is 1. The SMILES string of the molecule is C[C@H](NC(=O)/C=C\c1ccc2c(c1)CCCN2C)c1nncn1C. The Balaban J connectivity index is 1.65. The van der Waals surface area contributed by atoms with Crippen LogP contribution in [0.5, 0.6) is 0 Å². The second kappa shape index (κ2) is 6.86. The molecule has 6 nitrogen and oxygen atoms in total. The van der Waals surface area contributed by atoms with Gasteiger partial charge < -0.3 is 14.8 Å². The number of hydrogen-bond acceptors (Lipinski definition) is 4. The Bertz CT molecular complexity index is 765. The number of nitrogens with zero attached hydrogens (tertiary/aromatic N) is 4. The number of nitrogens with one attached hydrogen (secondary N) is 1. The maximum atomic E-state index is 12.1. The van der Waals surface area contributed by atoms with Gasteiger partial charge in [-0.15, -0.1) is 10.2 Å². The first kappa shape index (κ1) is 16.2. The number of hydrogen-bond donors (Lipinski definition) is 1. The normalized spacial score (nSPS) is 15.4. The Kier molecular flexibility index (Phi) is 4.64. The first-order chi connectivity index (χ1) is 11.5. The maximum absolute atomic E-state index is 12.1. The van der Waals surface area contributed by atoms with Gasteiger partial charge in [0.1, 0.15) is 6.33 Å². The van der Waals surface area contributed by atoms with Crippen molar-refractivity contribution >= 4 is 17.7 Å². The molecule has 2 heterocycles. The molecule has 0 unspecified atom stereocenters. The summed E-state index contributed by atoms with van der Waals surface area (Å²) >= 11 is 0. The van der Waals surface area contributed by atoms with Crippen molar-refractivity contribution in [2.24, 2.45) is 7.05 Å². The van der Waals surface area contributed by atoms with Crippen molar-refractivity contribution in [3.63, 3.8) is 0 Å². The number of aryl methyl sites for hydroxylation is 2. The highest BCUT2D eigenvalue weighted by atomic mass is 16.1. The number of anilines is 1. The largest absolute Gasteiger partial charge is 0.374 e. The fourth-order valence-electron chi connectivity index (χ4n) is 3.09. The summed E-state index contributed by atoms with van der Waals surface area (Å²) in [5, 5.41) is 10.7. The molecule has 3 rings (SSSR count). The van der Waals surface area contributed by atoms with Crippen LogP contribution in [0.3, 0.4) is 0 Å². The second-order valence-corrected chi connectivity index (χ2v) is 6.28. The molecule has 2 aromatic rings. The molecule has 1 aliphatic rings. The zero-order valence-electron chi connectivity index (χ0n) is 14.4. The zero-order chi connectivity index (χ0) is 17.1. The van der Waals surface area contributed by atoms with Crippen molar-refractivity contribution < 1.29 is 4.79 Å². The molecule has 126 valence electrons. The minimum Gasteiger partial charge on any atom is -0.374 e. The van der Waals surface area contributed by atoms with E-state index in [0.29, 0.717) is 0 Å². The molecule has 1 aliphatic heterocycles. The molecular weight excluding hydrogens is 302 g/mol. The zero-order valence-corrected chi connectivity index (χ0v) is 14.4. The van der Waals surface area contributed by atoms with E-state index in [0.717, 1.165) is 24.4 Å². The van der Waals surface area contributed by atoms with Gasteiger partial charge in [-0.2, -0.15) is 0 Å². The van der Waals surface area contributed by atoms with Crippen LogP contribution in [0.15, 0.2) is 30.6 Å². The van der Waals surface area contributed by atoms with E-state index >= 15 is 0 Å². The Morgan fingerprint density at radius 2 is 2.21 bits per heavy atom. The van der Waals surface area contributed by atoms with Gasteiger partial charge in [-0.1, -0.05) is 6.07 Å². The van der Waals surface area contributed by atoms with Crippen LogP contribution in [0.2, 0.25) is 0 Å². The number of fused-ring (bicyclic) bond motifs is 1. The van der Waals surface area contributed by atoms with E-state index in [1.165, 1.54) is 17.7 Å². The van der Waals surface area contributed by atoms with Gasteiger partial charge in [-0.25, -0.2) is 0 Å². The molecule has 1 aromatic carbocycles. The summed E-state index contributed by atoms with van der Waals surface area (Å²) in [6, 6.07) is 6.16. The molecule has 1 aromatic heterocycles. The molecule has 0 saturated carbocycles. The van der Waals surface area contributed by atoms with Gasteiger partial charge in [-0.3, -0.25) is 4.79 Å². The smallest absolute Gasteiger partial charge is 0.244 e. The lowest BCUT2D eigenvalue weighted by Crippen LogP contribution is -2.26. The second-order valence-electron chi connectivity index (χ2n) is 6.28. The van der Waals surface area contributed by atoms with Crippen LogP contribution in [-0.4, -0.2) is 34.3 Å². The number of amides is 1. The van der Waals surface area contributed by atoms with Crippen molar-refractivity contribution in [1.82, 2.24) is 20.1 Å². The van der Waals surface area contributed by atoms with Crippen LogP contribution in [0.25, 0.3) is 6.08 Å². The molecule has 0 bridgehead atoms. The summed E-state index contributed by atoms with van der Waals surface area (Å²) in [7, 11) is 3.98. The third-order valence-corrected chi connectivity index (χ3v) is 4.37. The molecule has 1 atom stereocenters. The standard InChI is InChI=1S/C18H23N5O/c1-13(18-21-19-12-23(18)3)20-17(24)9-7-14-6-8-16-15(11-14)5-4-10-22(16)2/h6-9,11-13H,4-5,10H2,1-3H3,(H,20,24)/b9-7-/t13-/m0/s1. The fourth-order valence-corrected chi connectivity index (χ4v) is 3.09. The lowest BCUT2D eigenvalue weighted by atomic mass is 9.99. The lowest BCUT2D eigenvalue weighted by molar-refractivity contribution is -0.117. The topological polar surface area (TPSA) is 63.1 Å². The maximum Gasteiger partial charge on any atom is 0.244 e. The third-order valence-electron chi connectivity index (χ3n) is 4.37. The van der Waals surface area contributed by atoms with Crippen LogP contribution in [0.4, 0.5) is 5.69 Å². The first-order valence-corrected chi connectivity index (χ1v) is 8.21. The van der Waals surface area contributed by atoms with Crippen molar-refractivity contribution in [3.05, 3.63) is 47.6 Å². The predicted molar refractivity (Wildman–Crippen MR) is 94.6 cm³/mol. The Labute approximate surface area is 142 Å². The molecule has 24 heavy (non-hydrogen) atoms. The quantitative estimate of drug-likeness (QED) is 0.874. The van der Waals surface area contributed by atoms with Gasteiger partial charge in [-0.05, 0) is 49.1 Å². The minimum absolute atomic E-state index is 0.139. The first-order valence-electron chi connectivity index (χ1n) is 8.21. The highest BCUT2D eigenvalue weighted by Crippen LogP contribution is 2.27. The third kappa shape index (κ3) is 3.48. The number of carbonyl (C=O) groups is 1. The molecule has 1 N–H and O–H groups in total. The Hall–Kier alpha value is -2.63. The van der Waals surface area contributed by atoms with Gasteiger partial charge in [0.05, 0.1) is 6.04 Å².